The van der Waals surface area contributed by atoms with E-state index in [4.69, 9.17) is 0 Å². The number of nitrogens with zero attached hydrogens (tertiary/aromatic N) is 2. The smallest absolute Gasteiger partial charge is 0.246 e. The Morgan fingerprint density at radius 3 is 2.04 bits per heavy atom. The third kappa shape index (κ3) is 14.3. The molecule has 0 aromatic carbocycles. The molecule has 0 saturated heterocycles. The predicted octanol–water partition coefficient (Wildman–Crippen LogP) is 5.45. The summed E-state index contributed by atoms with van der Waals surface area (Å²) in [5.74, 6) is 0. The molecule has 0 N–H and O–H groups in total. The third-order valence-corrected chi connectivity index (χ3v) is 3.81. The van der Waals surface area contributed by atoms with Gasteiger partial charge < -0.3 is 0 Å². The highest BCUT2D eigenvalue weighted by atomic mass is 16.6. The zero-order chi connectivity index (χ0) is 20.3. The van der Waals surface area contributed by atoms with Crippen molar-refractivity contribution >= 4 is 6.29 Å². The predicted molar refractivity (Wildman–Crippen MR) is 106 cm³/mol. The topological polar surface area (TPSA) is 103 Å². The van der Waals surface area contributed by atoms with E-state index in [0.29, 0.717) is 32.1 Å². The van der Waals surface area contributed by atoms with Gasteiger partial charge in [-0.25, -0.2) is 0 Å². The van der Waals surface area contributed by atoms with Crippen LogP contribution in [0.2, 0.25) is 0 Å². The molecule has 7 heteroatoms. The first-order valence-electron chi connectivity index (χ1n) is 9.34. The number of hydrogen-bond acceptors (Lipinski definition) is 5. The highest BCUT2D eigenvalue weighted by Crippen LogP contribution is 2.13. The molecule has 0 aliphatic rings. The summed E-state index contributed by atoms with van der Waals surface area (Å²) in [6.45, 7) is 2.00. The zero-order valence-corrected chi connectivity index (χ0v) is 16.0. The van der Waals surface area contributed by atoms with Crippen LogP contribution in [-0.2, 0) is 4.79 Å². The number of nitro groups is 2. The molecule has 0 saturated carbocycles. The van der Waals surface area contributed by atoms with Crippen molar-refractivity contribution in [3.05, 3.63) is 68.1 Å². The molecule has 0 fully saturated rings. The maximum Gasteiger partial charge on any atom is 0.246 e. The van der Waals surface area contributed by atoms with Gasteiger partial charge in [0.25, 0.3) is 0 Å². The van der Waals surface area contributed by atoms with E-state index in [0.717, 1.165) is 25.7 Å². The molecule has 149 valence electrons. The Morgan fingerprint density at radius 2 is 1.44 bits per heavy atom. The molecule has 0 amide bonds. The fourth-order valence-corrected chi connectivity index (χ4v) is 2.33. The fraction of sp³-hybridized carbons (Fsp3) is 0.550. The van der Waals surface area contributed by atoms with E-state index in [9.17, 15) is 25.0 Å². The van der Waals surface area contributed by atoms with Crippen molar-refractivity contribution in [2.24, 2.45) is 0 Å². The molecule has 0 aliphatic heterocycles. The molecule has 0 rings (SSSR count). The van der Waals surface area contributed by atoms with Crippen molar-refractivity contribution in [3.63, 3.8) is 0 Å². The molecule has 0 bridgehead atoms. The summed E-state index contributed by atoms with van der Waals surface area (Å²) in [5.41, 5.74) is 0.286. The third-order valence-electron chi connectivity index (χ3n) is 3.81. The van der Waals surface area contributed by atoms with Crippen LogP contribution < -0.4 is 0 Å². The van der Waals surface area contributed by atoms with Gasteiger partial charge in [-0.1, -0.05) is 44.1 Å². The lowest BCUT2D eigenvalue weighted by Crippen LogP contribution is -1.99. The van der Waals surface area contributed by atoms with Crippen LogP contribution in [0.1, 0.15) is 71.1 Å². The van der Waals surface area contributed by atoms with Crippen molar-refractivity contribution in [3.8, 4) is 0 Å². The first kappa shape index (κ1) is 24.4. The lowest BCUT2D eigenvalue weighted by atomic mass is 10.1. The van der Waals surface area contributed by atoms with E-state index < -0.39 is 4.92 Å². The fourth-order valence-electron chi connectivity index (χ4n) is 2.33. The van der Waals surface area contributed by atoms with Crippen LogP contribution in [0.15, 0.2) is 47.9 Å². The summed E-state index contributed by atoms with van der Waals surface area (Å²) in [4.78, 5) is 31.4. The average Bonchev–Trinajstić information content (AvgIpc) is 2.63. The molecule has 7 nitrogen and oxygen atoms in total. The molecule has 27 heavy (non-hydrogen) atoms. The number of hydrogen-bond donors (Lipinski definition) is 0. The van der Waals surface area contributed by atoms with Gasteiger partial charge in [0.1, 0.15) is 0 Å². The summed E-state index contributed by atoms with van der Waals surface area (Å²) >= 11 is 0. The minimum atomic E-state index is -0.398. The Labute approximate surface area is 160 Å². The lowest BCUT2D eigenvalue weighted by Gasteiger charge is -1.99. The normalized spacial score (nSPS) is 12.8. The number of allylic oxidation sites excluding steroid dienone is 7. The van der Waals surface area contributed by atoms with E-state index in [2.05, 4.69) is 0 Å². The van der Waals surface area contributed by atoms with Gasteiger partial charge >= 0.3 is 0 Å². The van der Waals surface area contributed by atoms with E-state index in [1.807, 2.05) is 25.4 Å². The van der Waals surface area contributed by atoms with Crippen LogP contribution in [0.3, 0.4) is 0 Å². The Morgan fingerprint density at radius 1 is 0.852 bits per heavy atom. The van der Waals surface area contributed by atoms with Gasteiger partial charge in [-0.3, -0.25) is 25.0 Å². The minimum Gasteiger partial charge on any atom is -0.291 e. The number of unbranched alkanes of at least 4 members (excludes halogenated alkanes) is 4. The maximum atomic E-state index is 11.1. The van der Waals surface area contributed by atoms with E-state index in [1.165, 1.54) is 0 Å². The minimum absolute atomic E-state index is 0.123. The summed E-state index contributed by atoms with van der Waals surface area (Å²) < 4.78 is 0. The Balaban J connectivity index is 4.40. The highest BCUT2D eigenvalue weighted by Gasteiger charge is 2.09. The van der Waals surface area contributed by atoms with Crippen LogP contribution in [0.5, 0.6) is 0 Å². The zero-order valence-electron chi connectivity index (χ0n) is 16.0. The molecule has 0 aromatic heterocycles. The molecular formula is C20H29N2O5. The molecule has 0 unspecified atom stereocenters. The molecule has 0 atom stereocenters. The first-order valence-corrected chi connectivity index (χ1v) is 9.34. The van der Waals surface area contributed by atoms with Crippen molar-refractivity contribution in [1.29, 1.82) is 0 Å². The first-order chi connectivity index (χ1) is 13.0. The summed E-state index contributed by atoms with van der Waals surface area (Å²) in [5, 5.41) is 22.0. The molecule has 0 heterocycles. The van der Waals surface area contributed by atoms with Crippen LogP contribution in [-0.4, -0.2) is 16.1 Å². The van der Waals surface area contributed by atoms with E-state index in [-0.39, 0.29) is 22.7 Å². The second-order valence-electron chi connectivity index (χ2n) is 5.99. The Kier molecular flexibility index (Phi) is 15.3. The van der Waals surface area contributed by atoms with Gasteiger partial charge in [0.2, 0.25) is 11.4 Å². The van der Waals surface area contributed by atoms with Crippen LogP contribution in [0, 0.1) is 20.2 Å². The van der Waals surface area contributed by atoms with Crippen molar-refractivity contribution in [2.45, 2.75) is 71.1 Å². The SMILES string of the molecule is CC/C=C\C/C=C(\C/C=C\C/C=C(\CCCCCC[C]=O)[N+](=O)[O-])[N+](=O)[O-]. The Bertz CT molecular complexity index is 577. The molecule has 0 aliphatic carbocycles. The molecule has 1 radical (unpaired) electrons. The van der Waals surface area contributed by atoms with Crippen LogP contribution >= 0.6 is 0 Å². The highest BCUT2D eigenvalue weighted by molar-refractivity contribution is 5.50. The lowest BCUT2D eigenvalue weighted by molar-refractivity contribution is -0.428. The summed E-state index contributed by atoms with van der Waals surface area (Å²) in [6.07, 6.45) is 18.1. The Hall–Kier alpha value is -2.57. The van der Waals surface area contributed by atoms with Gasteiger partial charge in [0.15, 0.2) is 6.29 Å². The molecule has 0 aromatic rings. The number of rotatable bonds is 16. The standard InChI is InChI=1S/C20H29N2O5/c1-2-3-4-9-14-19(21(24)25)16-11-8-12-17-20(22(26)27)15-10-6-5-7-13-18-23/h3-4,8,11,14,17H,2,5-7,9-10,12-13,15-16H2,1H3/b4-3-,11-8-,19-14+,20-17+. The largest absolute Gasteiger partial charge is 0.291 e. The summed E-state index contributed by atoms with van der Waals surface area (Å²) in [7, 11) is 0. The molecular weight excluding hydrogens is 348 g/mol. The second kappa shape index (κ2) is 16.9. The summed E-state index contributed by atoms with van der Waals surface area (Å²) in [6, 6.07) is 0. The van der Waals surface area contributed by atoms with Gasteiger partial charge in [0.05, 0.1) is 16.3 Å². The quantitative estimate of drug-likeness (QED) is 0.154. The molecule has 0 spiro atoms. The average molecular weight is 377 g/mol. The number of carbonyl (C=O) groups excluding carboxylic acids is 1. The van der Waals surface area contributed by atoms with Gasteiger partial charge in [-0.2, -0.15) is 0 Å². The van der Waals surface area contributed by atoms with Crippen LogP contribution in [0.25, 0.3) is 0 Å². The van der Waals surface area contributed by atoms with Crippen molar-refractivity contribution in [1.82, 2.24) is 0 Å². The van der Waals surface area contributed by atoms with Gasteiger partial charge in [-0.05, 0) is 44.3 Å². The van der Waals surface area contributed by atoms with Crippen molar-refractivity contribution in [2.75, 3.05) is 0 Å². The van der Waals surface area contributed by atoms with Gasteiger partial charge in [-0.15, -0.1) is 0 Å². The monoisotopic (exact) mass is 377 g/mol. The van der Waals surface area contributed by atoms with Crippen LogP contribution in [0.4, 0.5) is 0 Å². The van der Waals surface area contributed by atoms with E-state index >= 15 is 0 Å². The van der Waals surface area contributed by atoms with E-state index in [1.54, 1.807) is 24.3 Å². The van der Waals surface area contributed by atoms with Crippen molar-refractivity contribution < 1.29 is 14.6 Å². The maximum absolute atomic E-state index is 11.1. The van der Waals surface area contributed by atoms with Gasteiger partial charge in [0, 0.05) is 12.8 Å². The second-order valence-corrected chi connectivity index (χ2v) is 5.99.